The second-order valence-electron chi connectivity index (χ2n) is 6.60. The van der Waals surface area contributed by atoms with Gasteiger partial charge in [-0.3, -0.25) is 4.79 Å². The monoisotopic (exact) mass is 284 g/mol. The average molecular weight is 284 g/mol. The third-order valence-electron chi connectivity index (χ3n) is 4.44. The zero-order valence-corrected chi connectivity index (χ0v) is 14.0. The molecule has 0 aromatic rings. The molecule has 0 aromatic carbocycles. The molecule has 0 bridgehead atoms. The normalized spacial score (nSPS) is 14.2. The molecule has 1 N–H and O–H groups in total. The number of hydrogen-bond acceptors (Lipinski definition) is 1. The Kier molecular flexibility index (Phi) is 13.1. The molecule has 120 valence electrons. The van der Waals surface area contributed by atoms with Crippen molar-refractivity contribution in [3.05, 3.63) is 0 Å². The Morgan fingerprint density at radius 2 is 1.25 bits per heavy atom. The van der Waals surface area contributed by atoms with Crippen molar-refractivity contribution in [3.8, 4) is 0 Å². The van der Waals surface area contributed by atoms with E-state index >= 15 is 0 Å². The van der Waals surface area contributed by atoms with E-state index in [1.807, 2.05) is 0 Å². The summed E-state index contributed by atoms with van der Waals surface area (Å²) < 4.78 is 0. The van der Waals surface area contributed by atoms with Gasteiger partial charge in [0.1, 0.15) is 0 Å². The first-order valence-corrected chi connectivity index (χ1v) is 8.78. The Balaban J connectivity index is 3.18. The Morgan fingerprint density at radius 1 is 0.800 bits per heavy atom. The molecule has 2 heteroatoms. The summed E-state index contributed by atoms with van der Waals surface area (Å²) >= 11 is 0. The van der Waals surface area contributed by atoms with E-state index < -0.39 is 5.97 Å². The minimum Gasteiger partial charge on any atom is -0.481 e. The zero-order chi connectivity index (χ0) is 15.2. The van der Waals surface area contributed by atoms with Crippen LogP contribution in [0, 0.1) is 11.8 Å². The maximum absolute atomic E-state index is 10.5. The van der Waals surface area contributed by atoms with Crippen molar-refractivity contribution in [1.82, 2.24) is 0 Å². The second-order valence-corrected chi connectivity index (χ2v) is 6.60. The molecule has 20 heavy (non-hydrogen) atoms. The molecule has 0 aliphatic carbocycles. The van der Waals surface area contributed by atoms with Crippen LogP contribution >= 0.6 is 0 Å². The third kappa shape index (κ3) is 13.9. The Morgan fingerprint density at radius 3 is 1.70 bits per heavy atom. The number of unbranched alkanes of at least 4 members (excludes halogenated alkanes) is 6. The largest absolute Gasteiger partial charge is 0.481 e. The van der Waals surface area contributed by atoms with Gasteiger partial charge in [0, 0.05) is 6.42 Å². The van der Waals surface area contributed by atoms with Gasteiger partial charge in [-0.25, -0.2) is 0 Å². The van der Waals surface area contributed by atoms with Gasteiger partial charge in [-0.05, 0) is 18.3 Å². The molecule has 0 fully saturated rings. The summed E-state index contributed by atoms with van der Waals surface area (Å²) in [5.41, 5.74) is 0. The SMILES string of the molecule is CCC(C)CCCCCCCCCC(C)CCC(=O)O. The minimum absolute atomic E-state index is 0.331. The van der Waals surface area contributed by atoms with Crippen LogP contribution in [-0.4, -0.2) is 11.1 Å². The second kappa shape index (κ2) is 13.5. The van der Waals surface area contributed by atoms with Gasteiger partial charge in [-0.2, -0.15) is 0 Å². The lowest BCUT2D eigenvalue weighted by molar-refractivity contribution is -0.137. The molecule has 2 unspecified atom stereocenters. The van der Waals surface area contributed by atoms with Crippen LogP contribution in [0.3, 0.4) is 0 Å². The predicted octanol–water partition coefficient (Wildman–Crippen LogP) is 6.04. The van der Waals surface area contributed by atoms with Gasteiger partial charge < -0.3 is 5.11 Å². The van der Waals surface area contributed by atoms with Gasteiger partial charge in [-0.15, -0.1) is 0 Å². The molecule has 0 aliphatic heterocycles. The fraction of sp³-hybridized carbons (Fsp3) is 0.944. The van der Waals surface area contributed by atoms with Crippen molar-refractivity contribution in [2.75, 3.05) is 0 Å². The molecular weight excluding hydrogens is 248 g/mol. The highest BCUT2D eigenvalue weighted by Crippen LogP contribution is 2.17. The standard InChI is InChI=1S/C18H36O2/c1-4-16(2)12-10-8-6-5-7-9-11-13-17(3)14-15-18(19)20/h16-17H,4-15H2,1-3H3,(H,19,20). The molecule has 0 rings (SSSR count). The highest BCUT2D eigenvalue weighted by molar-refractivity contribution is 5.66. The lowest BCUT2D eigenvalue weighted by atomic mass is 9.97. The molecule has 0 aliphatic rings. The van der Waals surface area contributed by atoms with E-state index in [-0.39, 0.29) is 0 Å². The summed E-state index contributed by atoms with van der Waals surface area (Å²) in [6, 6.07) is 0. The van der Waals surface area contributed by atoms with Crippen molar-refractivity contribution in [1.29, 1.82) is 0 Å². The van der Waals surface area contributed by atoms with Crippen LogP contribution in [0.15, 0.2) is 0 Å². The first-order valence-electron chi connectivity index (χ1n) is 8.78. The summed E-state index contributed by atoms with van der Waals surface area (Å²) in [5.74, 6) is 0.818. The molecule has 2 atom stereocenters. The molecule has 0 aromatic heterocycles. The van der Waals surface area contributed by atoms with E-state index in [1.54, 1.807) is 0 Å². The average Bonchev–Trinajstić information content (AvgIpc) is 2.42. The maximum Gasteiger partial charge on any atom is 0.303 e. The number of carboxylic acids is 1. The molecule has 0 saturated heterocycles. The van der Waals surface area contributed by atoms with E-state index in [9.17, 15) is 4.79 Å². The zero-order valence-electron chi connectivity index (χ0n) is 14.0. The van der Waals surface area contributed by atoms with E-state index in [0.717, 1.165) is 12.3 Å². The van der Waals surface area contributed by atoms with Crippen LogP contribution in [-0.2, 0) is 4.79 Å². The molecular formula is C18H36O2. The highest BCUT2D eigenvalue weighted by Gasteiger charge is 2.05. The van der Waals surface area contributed by atoms with Crippen molar-refractivity contribution in [3.63, 3.8) is 0 Å². The summed E-state index contributed by atoms with van der Waals surface area (Å²) in [7, 11) is 0. The van der Waals surface area contributed by atoms with E-state index in [4.69, 9.17) is 5.11 Å². The molecule has 0 amide bonds. The number of rotatable bonds is 14. The summed E-state index contributed by atoms with van der Waals surface area (Å²) in [5, 5.41) is 8.62. The first-order chi connectivity index (χ1) is 9.56. The summed E-state index contributed by atoms with van der Waals surface area (Å²) in [6.45, 7) is 6.81. The van der Waals surface area contributed by atoms with Crippen molar-refractivity contribution >= 4 is 5.97 Å². The van der Waals surface area contributed by atoms with Crippen LogP contribution in [0.4, 0.5) is 0 Å². The minimum atomic E-state index is -0.658. The lowest BCUT2D eigenvalue weighted by Gasteiger charge is -2.09. The fourth-order valence-electron chi connectivity index (χ4n) is 2.59. The van der Waals surface area contributed by atoms with Crippen molar-refractivity contribution < 1.29 is 9.90 Å². The van der Waals surface area contributed by atoms with E-state index in [1.165, 1.54) is 64.2 Å². The first kappa shape index (κ1) is 19.5. The quantitative estimate of drug-likeness (QED) is 0.394. The molecule has 0 spiro atoms. The molecule has 0 heterocycles. The molecule has 0 saturated carbocycles. The Hall–Kier alpha value is -0.530. The maximum atomic E-state index is 10.5. The summed E-state index contributed by atoms with van der Waals surface area (Å²) in [6.07, 6.45) is 14.6. The summed E-state index contributed by atoms with van der Waals surface area (Å²) in [4.78, 5) is 10.5. The topological polar surface area (TPSA) is 37.3 Å². The lowest BCUT2D eigenvalue weighted by Crippen LogP contribution is -2.01. The Bertz CT molecular complexity index is 225. The highest BCUT2D eigenvalue weighted by atomic mass is 16.4. The Labute approximate surface area is 126 Å². The van der Waals surface area contributed by atoms with E-state index in [2.05, 4.69) is 20.8 Å². The van der Waals surface area contributed by atoms with E-state index in [0.29, 0.717) is 12.3 Å². The van der Waals surface area contributed by atoms with Crippen LogP contribution in [0.5, 0.6) is 0 Å². The van der Waals surface area contributed by atoms with Gasteiger partial charge in [-0.1, -0.05) is 85.0 Å². The number of hydrogen-bond donors (Lipinski definition) is 1. The molecule has 2 nitrogen and oxygen atoms in total. The van der Waals surface area contributed by atoms with Crippen LogP contribution in [0.25, 0.3) is 0 Å². The number of carbonyl (C=O) groups is 1. The van der Waals surface area contributed by atoms with Crippen molar-refractivity contribution in [2.45, 2.75) is 97.8 Å². The van der Waals surface area contributed by atoms with Gasteiger partial charge in [0.2, 0.25) is 0 Å². The smallest absolute Gasteiger partial charge is 0.303 e. The van der Waals surface area contributed by atoms with Gasteiger partial charge in [0.15, 0.2) is 0 Å². The fourth-order valence-corrected chi connectivity index (χ4v) is 2.59. The van der Waals surface area contributed by atoms with Gasteiger partial charge in [0.05, 0.1) is 0 Å². The van der Waals surface area contributed by atoms with Gasteiger partial charge >= 0.3 is 5.97 Å². The molecule has 0 radical (unpaired) electrons. The predicted molar refractivity (Wildman–Crippen MR) is 87.0 cm³/mol. The number of aliphatic carboxylic acids is 1. The van der Waals surface area contributed by atoms with Crippen LogP contribution in [0.2, 0.25) is 0 Å². The van der Waals surface area contributed by atoms with Gasteiger partial charge in [0.25, 0.3) is 0 Å². The number of carboxylic acid groups (broad SMARTS) is 1. The van der Waals surface area contributed by atoms with Crippen LogP contribution in [0.1, 0.15) is 97.8 Å². The third-order valence-corrected chi connectivity index (χ3v) is 4.44. The van der Waals surface area contributed by atoms with Crippen LogP contribution < -0.4 is 0 Å². The van der Waals surface area contributed by atoms with Crippen molar-refractivity contribution in [2.24, 2.45) is 11.8 Å².